The molecule has 0 aromatic rings. The smallest absolute Gasteiger partial charge is 0.328 e. The summed E-state index contributed by atoms with van der Waals surface area (Å²) < 4.78 is 31.9. The Bertz CT molecular complexity index is 420. The summed E-state index contributed by atoms with van der Waals surface area (Å²) in [6.07, 6.45) is 6.19. The molecular formula is C10H15NO4S. The molecule has 0 unspecified atom stereocenters. The van der Waals surface area contributed by atoms with Gasteiger partial charge in [0.1, 0.15) is 5.76 Å². The minimum atomic E-state index is -3.52. The van der Waals surface area contributed by atoms with E-state index in [0.29, 0.717) is 18.6 Å². The van der Waals surface area contributed by atoms with Crippen LogP contribution >= 0.6 is 0 Å². The topological polar surface area (TPSA) is 65.0 Å². The fourth-order valence-corrected chi connectivity index (χ4v) is 1.91. The van der Waals surface area contributed by atoms with Crippen molar-refractivity contribution in [2.45, 2.75) is 19.8 Å². The highest BCUT2D eigenvalue weighted by atomic mass is 32.2. The highest BCUT2D eigenvalue weighted by Gasteiger charge is 2.10. The number of nitrogens with zero attached hydrogens (tertiary/aromatic N) is 1. The van der Waals surface area contributed by atoms with Gasteiger partial charge in [-0.1, -0.05) is 12.1 Å². The lowest BCUT2D eigenvalue weighted by Crippen LogP contribution is -2.08. The fourth-order valence-electron chi connectivity index (χ4n) is 1.13. The van der Waals surface area contributed by atoms with E-state index in [1.165, 1.54) is 0 Å². The minimum absolute atomic E-state index is 0.0212. The minimum Gasteiger partial charge on any atom is -0.497 e. The molecule has 0 N–H and O–H groups in total. The second-order valence-corrected chi connectivity index (χ2v) is 4.94. The first kappa shape index (κ1) is 12.8. The molecule has 90 valence electrons. The first-order valence-corrected chi connectivity index (χ1v) is 6.55. The Kier molecular flexibility index (Phi) is 4.54. The summed E-state index contributed by atoms with van der Waals surface area (Å²) in [7, 11) is -1.95. The van der Waals surface area contributed by atoms with E-state index in [9.17, 15) is 8.42 Å². The fraction of sp³-hybridized carbons (Fsp3) is 0.500. The van der Waals surface area contributed by atoms with Crippen molar-refractivity contribution in [3.63, 3.8) is 0 Å². The highest BCUT2D eigenvalue weighted by molar-refractivity contribution is 7.86. The van der Waals surface area contributed by atoms with E-state index in [1.807, 2.05) is 0 Å². The molecule has 0 heterocycles. The molecule has 6 heteroatoms. The molecule has 0 bridgehead atoms. The maximum absolute atomic E-state index is 11.2. The van der Waals surface area contributed by atoms with E-state index < -0.39 is 10.1 Å². The average molecular weight is 245 g/mol. The van der Waals surface area contributed by atoms with Gasteiger partial charge >= 0.3 is 10.1 Å². The molecular weight excluding hydrogens is 230 g/mol. The zero-order valence-electron chi connectivity index (χ0n) is 9.34. The van der Waals surface area contributed by atoms with Crippen molar-refractivity contribution < 1.29 is 17.4 Å². The molecule has 0 aromatic heterocycles. The van der Waals surface area contributed by atoms with Gasteiger partial charge in [-0.3, -0.25) is 4.28 Å². The van der Waals surface area contributed by atoms with Crippen molar-refractivity contribution in [2.24, 2.45) is 5.16 Å². The molecule has 0 fully saturated rings. The van der Waals surface area contributed by atoms with Gasteiger partial charge in [0, 0.05) is 6.42 Å². The Labute approximate surface area is 95.5 Å². The third-order valence-electron chi connectivity index (χ3n) is 1.91. The SMILES string of the molecule is CCCS(=O)(=O)ON=C1C=CC(OC)=CC1. The second kappa shape index (κ2) is 5.69. The molecule has 0 aromatic carbocycles. The summed E-state index contributed by atoms with van der Waals surface area (Å²) in [5, 5.41) is 3.58. The van der Waals surface area contributed by atoms with E-state index in [2.05, 4.69) is 9.44 Å². The first-order chi connectivity index (χ1) is 7.57. The van der Waals surface area contributed by atoms with Crippen molar-refractivity contribution >= 4 is 15.8 Å². The third-order valence-corrected chi connectivity index (χ3v) is 3.12. The summed E-state index contributed by atoms with van der Waals surface area (Å²) in [4.78, 5) is 0. The van der Waals surface area contributed by atoms with Crippen LogP contribution in [0.4, 0.5) is 0 Å². The molecule has 0 spiro atoms. The monoisotopic (exact) mass is 245 g/mol. The second-order valence-electron chi connectivity index (χ2n) is 3.27. The number of ether oxygens (including phenoxy) is 1. The summed E-state index contributed by atoms with van der Waals surface area (Å²) in [5.41, 5.74) is 0.556. The van der Waals surface area contributed by atoms with Crippen LogP contribution in [0.1, 0.15) is 19.8 Å². The predicted octanol–water partition coefficient (Wildman–Crippen LogP) is 1.59. The molecule has 1 aliphatic carbocycles. The van der Waals surface area contributed by atoms with Gasteiger partial charge in [-0.2, -0.15) is 8.42 Å². The van der Waals surface area contributed by atoms with E-state index in [4.69, 9.17) is 4.74 Å². The van der Waals surface area contributed by atoms with Gasteiger partial charge in [0.2, 0.25) is 0 Å². The quantitative estimate of drug-likeness (QED) is 0.690. The summed E-state index contributed by atoms with van der Waals surface area (Å²) in [5.74, 6) is 0.711. The molecule has 0 atom stereocenters. The number of methoxy groups -OCH3 is 1. The van der Waals surface area contributed by atoms with E-state index in [0.717, 1.165) is 5.76 Å². The van der Waals surface area contributed by atoms with Gasteiger partial charge in [-0.05, 0) is 24.6 Å². The van der Waals surface area contributed by atoms with Gasteiger partial charge in [0.25, 0.3) is 0 Å². The standard InChI is InChI=1S/C10H15NO4S/c1-3-8-16(12,13)15-11-9-4-6-10(14-2)7-5-9/h4,6-7H,3,5,8H2,1-2H3. The number of hydrogen-bond acceptors (Lipinski definition) is 5. The van der Waals surface area contributed by atoms with Crippen LogP contribution in [-0.2, 0) is 19.1 Å². The Balaban J connectivity index is 2.56. The Morgan fingerprint density at radius 1 is 1.44 bits per heavy atom. The zero-order chi connectivity index (χ0) is 12.0. The molecule has 0 amide bonds. The predicted molar refractivity (Wildman–Crippen MR) is 61.4 cm³/mol. The van der Waals surface area contributed by atoms with Crippen LogP contribution < -0.4 is 0 Å². The molecule has 0 saturated heterocycles. The van der Waals surface area contributed by atoms with Crippen LogP contribution in [0.15, 0.2) is 29.1 Å². The van der Waals surface area contributed by atoms with E-state index >= 15 is 0 Å². The molecule has 16 heavy (non-hydrogen) atoms. The van der Waals surface area contributed by atoms with Crippen LogP contribution in [-0.4, -0.2) is 27.0 Å². The first-order valence-electron chi connectivity index (χ1n) is 4.98. The molecule has 1 rings (SSSR count). The molecule has 5 nitrogen and oxygen atoms in total. The molecule has 0 aliphatic heterocycles. The number of hydrogen-bond donors (Lipinski definition) is 0. The summed E-state index contributed by atoms with van der Waals surface area (Å²) in [6, 6.07) is 0. The van der Waals surface area contributed by atoms with Crippen LogP contribution in [0.5, 0.6) is 0 Å². The van der Waals surface area contributed by atoms with E-state index in [1.54, 1.807) is 32.3 Å². The van der Waals surface area contributed by atoms with Crippen molar-refractivity contribution in [3.8, 4) is 0 Å². The van der Waals surface area contributed by atoms with Crippen LogP contribution in [0.2, 0.25) is 0 Å². The Hall–Kier alpha value is -1.30. The van der Waals surface area contributed by atoms with Crippen LogP contribution in [0.25, 0.3) is 0 Å². The van der Waals surface area contributed by atoms with Crippen molar-refractivity contribution in [1.29, 1.82) is 0 Å². The molecule has 0 saturated carbocycles. The summed E-state index contributed by atoms with van der Waals surface area (Å²) in [6.45, 7) is 1.77. The van der Waals surface area contributed by atoms with Crippen molar-refractivity contribution in [1.82, 2.24) is 0 Å². The van der Waals surface area contributed by atoms with Gasteiger partial charge < -0.3 is 4.74 Å². The Morgan fingerprint density at radius 2 is 2.19 bits per heavy atom. The lowest BCUT2D eigenvalue weighted by molar-refractivity contribution is 0.305. The van der Waals surface area contributed by atoms with Crippen LogP contribution in [0.3, 0.4) is 0 Å². The number of allylic oxidation sites excluding steroid dienone is 3. The van der Waals surface area contributed by atoms with Gasteiger partial charge in [-0.15, -0.1) is 0 Å². The highest BCUT2D eigenvalue weighted by Crippen LogP contribution is 2.09. The number of rotatable bonds is 5. The molecule has 0 radical (unpaired) electrons. The third kappa shape index (κ3) is 4.06. The number of oxime groups is 1. The average Bonchev–Trinajstić information content (AvgIpc) is 2.27. The lowest BCUT2D eigenvalue weighted by atomic mass is 10.1. The van der Waals surface area contributed by atoms with Crippen LogP contribution in [0, 0.1) is 0 Å². The van der Waals surface area contributed by atoms with E-state index in [-0.39, 0.29) is 5.75 Å². The maximum atomic E-state index is 11.2. The summed E-state index contributed by atoms with van der Waals surface area (Å²) >= 11 is 0. The normalized spacial score (nSPS) is 18.4. The van der Waals surface area contributed by atoms with Gasteiger partial charge in [0.15, 0.2) is 0 Å². The molecule has 1 aliphatic rings. The van der Waals surface area contributed by atoms with Gasteiger partial charge in [0.05, 0.1) is 18.6 Å². The lowest BCUT2D eigenvalue weighted by Gasteiger charge is -2.06. The zero-order valence-corrected chi connectivity index (χ0v) is 10.2. The largest absolute Gasteiger partial charge is 0.497 e. The van der Waals surface area contributed by atoms with Gasteiger partial charge in [-0.25, -0.2) is 0 Å². The van der Waals surface area contributed by atoms with Crippen molar-refractivity contribution in [2.75, 3.05) is 12.9 Å². The van der Waals surface area contributed by atoms with Crippen molar-refractivity contribution in [3.05, 3.63) is 24.0 Å². The maximum Gasteiger partial charge on any atom is 0.328 e. The Morgan fingerprint density at radius 3 is 2.69 bits per heavy atom.